The second-order valence-electron chi connectivity index (χ2n) is 6.90. The van der Waals surface area contributed by atoms with Gasteiger partial charge in [0.1, 0.15) is 0 Å². The smallest absolute Gasteiger partial charge is 0.411 e. The number of hydrogen-bond donors (Lipinski definition) is 2. The number of methoxy groups -OCH3 is 2. The molecular formula is C21H30N2O8. The second-order valence-corrected chi connectivity index (χ2v) is 6.90. The number of nitrogens with zero attached hydrogens (tertiary/aromatic N) is 1. The van der Waals surface area contributed by atoms with Crippen molar-refractivity contribution in [3.8, 4) is 11.5 Å². The highest BCUT2D eigenvalue weighted by Crippen LogP contribution is 2.35. The van der Waals surface area contributed by atoms with E-state index in [0.717, 1.165) is 6.42 Å². The number of carbonyl (C=O) groups excluding carboxylic acids is 3. The summed E-state index contributed by atoms with van der Waals surface area (Å²) in [6.07, 6.45) is 1.40. The number of anilines is 1. The highest BCUT2D eigenvalue weighted by Gasteiger charge is 2.31. The molecule has 2 amide bonds. The number of likely N-dealkylation sites (tertiary alicyclic amines) is 1. The minimum atomic E-state index is -0.710. The number of ether oxygens (including phenoxy) is 4. The van der Waals surface area contributed by atoms with E-state index in [9.17, 15) is 19.5 Å². The molecule has 1 heterocycles. The van der Waals surface area contributed by atoms with Crippen LogP contribution in [0.3, 0.4) is 0 Å². The lowest BCUT2D eigenvalue weighted by Gasteiger charge is -2.25. The predicted octanol–water partition coefficient (Wildman–Crippen LogP) is 2.19. The first kappa shape index (κ1) is 24.3. The summed E-state index contributed by atoms with van der Waals surface area (Å²) in [6, 6.07) is 2.71. The van der Waals surface area contributed by atoms with E-state index in [1.165, 1.54) is 26.4 Å². The van der Waals surface area contributed by atoms with Crippen LogP contribution in [0.1, 0.15) is 43.0 Å². The summed E-state index contributed by atoms with van der Waals surface area (Å²) in [7, 11) is 2.76. The fourth-order valence-corrected chi connectivity index (χ4v) is 3.34. The van der Waals surface area contributed by atoms with Gasteiger partial charge >= 0.3 is 12.1 Å². The van der Waals surface area contributed by atoms with E-state index in [1.807, 2.05) is 0 Å². The standard InChI is InChI=1S/C21H30N2O8/c1-4-30-21(27)22-16-12-18(31-10-6-8-19(25)29-3)17(28-2)11-15(16)20(26)23-9-5-7-14(23)13-24/h11-12,14,24H,4-10,13H2,1-3H3,(H,22,27)/t14-/m0/s1. The van der Waals surface area contributed by atoms with E-state index in [4.69, 9.17) is 14.2 Å². The van der Waals surface area contributed by atoms with Crippen molar-refractivity contribution in [2.24, 2.45) is 0 Å². The number of benzene rings is 1. The van der Waals surface area contributed by atoms with Gasteiger partial charge in [-0.25, -0.2) is 4.79 Å². The molecule has 0 bridgehead atoms. The third-order valence-electron chi connectivity index (χ3n) is 4.91. The van der Waals surface area contributed by atoms with Crippen molar-refractivity contribution >= 4 is 23.7 Å². The van der Waals surface area contributed by atoms with Crippen LogP contribution >= 0.6 is 0 Å². The van der Waals surface area contributed by atoms with Gasteiger partial charge in [0.15, 0.2) is 11.5 Å². The average molecular weight is 438 g/mol. The first-order valence-electron chi connectivity index (χ1n) is 10.2. The van der Waals surface area contributed by atoms with Gasteiger partial charge in [0.2, 0.25) is 0 Å². The van der Waals surface area contributed by atoms with Crippen molar-refractivity contribution in [1.82, 2.24) is 4.90 Å². The Morgan fingerprint density at radius 3 is 2.65 bits per heavy atom. The SMILES string of the molecule is CCOC(=O)Nc1cc(OCCCC(=O)OC)c(OC)cc1C(=O)N1CCC[C@H]1CO. The fourth-order valence-electron chi connectivity index (χ4n) is 3.34. The normalized spacial score (nSPS) is 15.4. The highest BCUT2D eigenvalue weighted by atomic mass is 16.5. The van der Waals surface area contributed by atoms with Gasteiger partial charge in [0.25, 0.3) is 5.91 Å². The molecule has 0 unspecified atom stereocenters. The van der Waals surface area contributed by atoms with Crippen molar-refractivity contribution in [3.63, 3.8) is 0 Å². The number of amides is 2. The Bertz CT molecular complexity index is 783. The third-order valence-corrected chi connectivity index (χ3v) is 4.91. The molecule has 0 aromatic heterocycles. The molecule has 10 nitrogen and oxygen atoms in total. The van der Waals surface area contributed by atoms with Crippen LogP contribution in [0.25, 0.3) is 0 Å². The average Bonchev–Trinajstić information content (AvgIpc) is 3.25. The third kappa shape index (κ3) is 6.48. The quantitative estimate of drug-likeness (QED) is 0.421. The molecule has 1 atom stereocenters. The van der Waals surface area contributed by atoms with Crippen LogP contribution in [-0.4, -0.2) is 74.6 Å². The van der Waals surface area contributed by atoms with E-state index in [1.54, 1.807) is 11.8 Å². The summed E-state index contributed by atoms with van der Waals surface area (Å²) in [5.41, 5.74) is 0.406. The first-order valence-corrected chi connectivity index (χ1v) is 10.2. The molecule has 0 aliphatic carbocycles. The molecule has 2 rings (SSSR count). The Kier molecular flexibility index (Phi) is 9.39. The van der Waals surface area contributed by atoms with Gasteiger partial charge in [-0.1, -0.05) is 0 Å². The number of aliphatic hydroxyl groups is 1. The number of esters is 1. The topological polar surface area (TPSA) is 124 Å². The lowest BCUT2D eigenvalue weighted by atomic mass is 10.1. The number of hydrogen-bond acceptors (Lipinski definition) is 8. The molecule has 1 fully saturated rings. The van der Waals surface area contributed by atoms with Gasteiger partial charge in [-0.2, -0.15) is 0 Å². The zero-order chi connectivity index (χ0) is 22.8. The fraction of sp³-hybridized carbons (Fsp3) is 0.571. The Balaban J connectivity index is 2.30. The van der Waals surface area contributed by atoms with Crippen LogP contribution in [0.5, 0.6) is 11.5 Å². The molecule has 31 heavy (non-hydrogen) atoms. The van der Waals surface area contributed by atoms with E-state index in [0.29, 0.717) is 30.9 Å². The van der Waals surface area contributed by atoms with Gasteiger partial charge in [0, 0.05) is 19.0 Å². The van der Waals surface area contributed by atoms with E-state index in [2.05, 4.69) is 10.1 Å². The lowest BCUT2D eigenvalue weighted by Crippen LogP contribution is -2.38. The van der Waals surface area contributed by atoms with Crippen molar-refractivity contribution < 1.29 is 38.4 Å². The minimum absolute atomic E-state index is 0.134. The summed E-state index contributed by atoms with van der Waals surface area (Å²) in [6.45, 7) is 2.42. The van der Waals surface area contributed by atoms with E-state index >= 15 is 0 Å². The molecule has 0 spiro atoms. The zero-order valence-corrected chi connectivity index (χ0v) is 18.1. The maximum atomic E-state index is 13.2. The van der Waals surface area contributed by atoms with Gasteiger partial charge < -0.3 is 29.0 Å². The molecule has 2 N–H and O–H groups in total. The van der Waals surface area contributed by atoms with Crippen molar-refractivity contribution in [2.45, 2.75) is 38.6 Å². The Labute approximate surface area is 181 Å². The highest BCUT2D eigenvalue weighted by molar-refractivity contribution is 6.03. The Morgan fingerprint density at radius 2 is 2.00 bits per heavy atom. The van der Waals surface area contributed by atoms with Crippen LogP contribution in [0, 0.1) is 0 Å². The van der Waals surface area contributed by atoms with Crippen LogP contribution in [-0.2, 0) is 14.3 Å². The maximum Gasteiger partial charge on any atom is 0.411 e. The van der Waals surface area contributed by atoms with Crippen molar-refractivity contribution in [2.75, 3.05) is 45.9 Å². The largest absolute Gasteiger partial charge is 0.493 e. The Hall–Kier alpha value is -3.01. The minimum Gasteiger partial charge on any atom is -0.493 e. The summed E-state index contributed by atoms with van der Waals surface area (Å²) in [5, 5.41) is 12.2. The van der Waals surface area contributed by atoms with Gasteiger partial charge in [-0.15, -0.1) is 0 Å². The predicted molar refractivity (Wildman–Crippen MR) is 112 cm³/mol. The van der Waals surface area contributed by atoms with Gasteiger partial charge in [0.05, 0.1) is 51.3 Å². The monoisotopic (exact) mass is 438 g/mol. The molecule has 10 heteroatoms. The molecule has 0 radical (unpaired) electrons. The molecule has 1 aromatic rings. The summed E-state index contributed by atoms with van der Waals surface area (Å²) < 4.78 is 20.6. The number of rotatable bonds is 10. The number of nitrogens with one attached hydrogen (secondary N) is 1. The molecule has 1 aliphatic heterocycles. The lowest BCUT2D eigenvalue weighted by molar-refractivity contribution is -0.140. The Morgan fingerprint density at radius 1 is 1.23 bits per heavy atom. The van der Waals surface area contributed by atoms with Crippen molar-refractivity contribution in [1.29, 1.82) is 0 Å². The van der Waals surface area contributed by atoms with Crippen LogP contribution in [0.2, 0.25) is 0 Å². The molecule has 172 valence electrons. The molecule has 1 saturated heterocycles. The summed E-state index contributed by atoms with van der Waals surface area (Å²) in [5.74, 6) is -0.0736. The molecule has 0 saturated carbocycles. The van der Waals surface area contributed by atoms with Crippen LogP contribution in [0.4, 0.5) is 10.5 Å². The zero-order valence-electron chi connectivity index (χ0n) is 18.1. The first-order chi connectivity index (χ1) is 14.9. The van der Waals surface area contributed by atoms with Crippen LogP contribution < -0.4 is 14.8 Å². The molecule has 1 aliphatic rings. The summed E-state index contributed by atoms with van der Waals surface area (Å²) in [4.78, 5) is 38.1. The van der Waals surface area contributed by atoms with Crippen molar-refractivity contribution in [3.05, 3.63) is 17.7 Å². The van der Waals surface area contributed by atoms with E-state index in [-0.39, 0.29) is 55.4 Å². The maximum absolute atomic E-state index is 13.2. The van der Waals surface area contributed by atoms with E-state index < -0.39 is 6.09 Å². The molecular weight excluding hydrogens is 408 g/mol. The van der Waals surface area contributed by atoms with Gasteiger partial charge in [-0.3, -0.25) is 14.9 Å². The number of carbonyl (C=O) groups is 3. The van der Waals surface area contributed by atoms with Gasteiger partial charge in [-0.05, 0) is 32.3 Å². The van der Waals surface area contributed by atoms with Crippen LogP contribution in [0.15, 0.2) is 12.1 Å². The second kappa shape index (κ2) is 12.0. The summed E-state index contributed by atoms with van der Waals surface area (Å²) >= 11 is 0. The number of aliphatic hydroxyl groups excluding tert-OH is 1. The molecule has 1 aromatic carbocycles.